The van der Waals surface area contributed by atoms with Crippen molar-refractivity contribution in [3.63, 3.8) is 0 Å². The molecule has 0 aromatic rings. The Morgan fingerprint density at radius 3 is 0.926 bits per heavy atom. The fourth-order valence-corrected chi connectivity index (χ4v) is 19.1. The largest absolute Gasteiger partial charge is 0.778 e. The summed E-state index contributed by atoms with van der Waals surface area (Å²) in [4.78, 5) is 129. The fraction of sp³-hybridized carbons (Fsp3) is 0.829. The topological polar surface area (TPSA) is 602 Å². The lowest BCUT2D eigenvalue weighted by atomic mass is 10.1. The van der Waals surface area contributed by atoms with Gasteiger partial charge < -0.3 is 139 Å². The van der Waals surface area contributed by atoms with E-state index >= 15 is 0 Å². The third-order valence-electron chi connectivity index (χ3n) is 8.90. The average Bonchev–Trinajstić information content (AvgIpc) is 3.90. The van der Waals surface area contributed by atoms with E-state index in [1.165, 1.54) is 13.8 Å². The molecule has 478 valence electrons. The molecule has 0 spiro atoms. The first-order chi connectivity index (χ1) is 36.6. The second kappa shape index (κ2) is 37.1. The number of carbonyl (C=O) groups excluding carboxylic acids is 2. The molecular weight excluding hydrogens is 1290 g/mol. The minimum Gasteiger partial charge on any atom is -0.778 e. The van der Waals surface area contributed by atoms with Gasteiger partial charge in [-0.15, -0.1) is 11.8 Å². The highest BCUT2D eigenvalue weighted by Gasteiger charge is 2.36. The molecule has 0 aliphatic carbocycles. The molecule has 0 aromatic carbocycles. The van der Waals surface area contributed by atoms with Gasteiger partial charge in [0.1, 0.15) is 41.1 Å². The molecule has 3 rings (SSSR count). The molecule has 3 saturated heterocycles. The smallest absolute Gasteiger partial charge is 0.272 e. The van der Waals surface area contributed by atoms with Gasteiger partial charge in [0.15, 0.2) is 22.8 Å². The molecule has 46 heteroatoms. The highest BCUT2D eigenvalue weighted by Crippen LogP contribution is 2.63. The number of ether oxygens (including phenoxy) is 3. The molecule has 0 bridgehead atoms. The van der Waals surface area contributed by atoms with Gasteiger partial charge in [0.05, 0.1) is 87.2 Å². The number of carbonyl (C=O) groups is 2. The molecular formula is C35H64N2O35P9-9. The van der Waals surface area contributed by atoms with Crippen LogP contribution in [-0.4, -0.2) is 152 Å². The molecule has 2 amide bonds. The van der Waals surface area contributed by atoms with Gasteiger partial charge >= 0.3 is 0 Å². The highest BCUT2D eigenvalue weighted by atomic mass is 31.3. The standard InChI is InChI=1S/2C8H19O11P3.C7H17O11P3.2C6H9NO/c2*1-6-3-7(9)8(18-6)4-17-20(10,11)5-21(12,13)19-22(14,15)16-2;1-5-2-6(8)7(17-5)3-16-19(9,10)4-20(11,12)18-21(13,14)15;2*1-3-4-5-7-6(2)8/h2*6-9H,3-5H2,1-2H3,(H,10,11)(H,12,13)(H,14,15);5-8H,2-4H2,1H3,(H,9,10)(H,11,12)(H2,13,14,15);2*5H2,1-2H3,(H,7,8)/p-9/t2*6-,7?,8+;5-,6?,7+;;/m000../s1. The molecule has 18 atom stereocenters. The van der Waals surface area contributed by atoms with Crippen LogP contribution in [0.5, 0.6) is 0 Å². The first-order valence-corrected chi connectivity index (χ1v) is 37.3. The lowest BCUT2D eigenvalue weighted by Gasteiger charge is -2.35. The van der Waals surface area contributed by atoms with E-state index in [1.54, 1.807) is 34.6 Å². The number of rotatable bonds is 25. The number of hydrogen-bond acceptors (Lipinski definition) is 34. The van der Waals surface area contributed by atoms with Crippen molar-refractivity contribution in [2.45, 2.75) is 123 Å². The molecule has 0 aromatic heterocycles. The van der Waals surface area contributed by atoms with Crippen LogP contribution >= 0.6 is 69.0 Å². The van der Waals surface area contributed by atoms with Crippen molar-refractivity contribution in [2.24, 2.45) is 0 Å². The Kier molecular flexibility index (Phi) is 37.7. The monoisotopic (exact) mass is 1350 g/mol. The Morgan fingerprint density at radius 1 is 0.494 bits per heavy atom. The lowest BCUT2D eigenvalue weighted by molar-refractivity contribution is -0.233. The van der Waals surface area contributed by atoms with Crippen LogP contribution in [0.25, 0.3) is 0 Å². The van der Waals surface area contributed by atoms with Gasteiger partial charge in [-0.1, -0.05) is 11.8 Å². The van der Waals surface area contributed by atoms with Crippen LogP contribution < -0.4 is 54.7 Å². The van der Waals surface area contributed by atoms with E-state index in [9.17, 15) is 110 Å². The normalized spacial score (nSPS) is 28.7. The molecule has 3 aliphatic rings. The van der Waals surface area contributed by atoms with E-state index in [1.807, 2.05) is 0 Å². The van der Waals surface area contributed by atoms with Gasteiger partial charge in [-0.05, 0) is 34.6 Å². The minimum absolute atomic E-state index is 0.0345. The van der Waals surface area contributed by atoms with Crippen molar-refractivity contribution in [3.05, 3.63) is 0 Å². The number of aliphatic hydroxyl groups is 3. The summed E-state index contributed by atoms with van der Waals surface area (Å²) in [7, 11) is -45.6. The molecule has 3 heterocycles. The molecule has 6 N–H and O–H groups in total. The van der Waals surface area contributed by atoms with Gasteiger partial charge in [-0.3, -0.25) is 36.2 Å². The van der Waals surface area contributed by atoms with Crippen molar-refractivity contribution >= 4 is 80.9 Å². The van der Waals surface area contributed by atoms with Gasteiger partial charge in [0.25, 0.3) is 23.5 Å². The summed E-state index contributed by atoms with van der Waals surface area (Å²) in [6.07, 6.45) is -5.70. The van der Waals surface area contributed by atoms with Crippen LogP contribution in [0.4, 0.5) is 0 Å². The predicted octanol–water partition coefficient (Wildman–Crippen LogP) is -4.15. The lowest BCUT2D eigenvalue weighted by Crippen LogP contribution is -2.28. The Hall–Kier alpha value is -0.830. The third-order valence-corrected chi connectivity index (χ3v) is 25.2. The minimum atomic E-state index is -5.64. The quantitative estimate of drug-likeness (QED) is 0.0373. The Morgan fingerprint density at radius 2 is 0.741 bits per heavy atom. The first-order valence-electron chi connectivity index (χ1n) is 22.5. The highest BCUT2D eigenvalue weighted by molar-refractivity contribution is 7.74. The Labute approximate surface area is 466 Å². The van der Waals surface area contributed by atoms with E-state index < -0.39 is 143 Å². The third kappa shape index (κ3) is 42.6. The molecule has 12 unspecified atom stereocenters. The van der Waals surface area contributed by atoms with Crippen LogP contribution in [-0.2, 0) is 100 Å². The SMILES string of the molecule is CC#CCNC(C)=O.CC#CCNC(C)=O.COP(=O)([O-])OP(=O)([O-])CP(=O)([O-])OC[C@H]1O[C@@H](C)CC1O.COP(=O)([O-])OP(=O)([O-])CP(=O)([O-])OC[C@H]1O[C@@H](C)CC1O.C[C@H]1CC(O)[C@@H](COP(=O)([O-])CP(=O)([O-])OP(=O)([O-])O)O1. The molecule has 3 fully saturated rings. The van der Waals surface area contributed by atoms with Crippen LogP contribution in [0.3, 0.4) is 0 Å². The second-order valence-corrected chi connectivity index (χ2v) is 33.4. The molecule has 0 radical (unpaired) electrons. The summed E-state index contributed by atoms with van der Waals surface area (Å²) < 4.78 is 147. The van der Waals surface area contributed by atoms with Crippen molar-refractivity contribution in [1.29, 1.82) is 0 Å². The van der Waals surface area contributed by atoms with Gasteiger partial charge in [0, 0.05) is 47.3 Å². The molecule has 3 aliphatic heterocycles. The van der Waals surface area contributed by atoms with E-state index in [2.05, 4.69) is 69.9 Å². The number of hydrogen-bond donors (Lipinski definition) is 6. The fourth-order valence-electron chi connectivity index (χ4n) is 5.70. The van der Waals surface area contributed by atoms with Crippen LogP contribution in [0, 0.1) is 23.7 Å². The van der Waals surface area contributed by atoms with Gasteiger partial charge in [-0.25, -0.2) is 0 Å². The number of phosphoric ester groups is 2. The summed E-state index contributed by atoms with van der Waals surface area (Å²) in [5.41, 5.74) is 0. The van der Waals surface area contributed by atoms with Crippen LogP contribution in [0.15, 0.2) is 0 Å². The van der Waals surface area contributed by atoms with Gasteiger partial charge in [0.2, 0.25) is 11.8 Å². The zero-order valence-electron chi connectivity index (χ0n) is 44.4. The molecule has 0 saturated carbocycles. The van der Waals surface area contributed by atoms with Crippen LogP contribution in [0.2, 0.25) is 0 Å². The summed E-state index contributed by atoms with van der Waals surface area (Å²) >= 11 is 0. The zero-order chi connectivity index (χ0) is 63.6. The number of nitrogens with one attached hydrogen (secondary N) is 2. The number of phosphoric acid groups is 3. The Bertz CT molecular complexity index is 2440. The van der Waals surface area contributed by atoms with E-state index in [0.717, 1.165) is 0 Å². The maximum absolute atomic E-state index is 11.5. The van der Waals surface area contributed by atoms with Gasteiger partial charge in [-0.2, -0.15) is 0 Å². The first kappa shape index (κ1) is 82.2. The van der Waals surface area contributed by atoms with Crippen LogP contribution in [0.1, 0.15) is 67.7 Å². The molecule has 81 heavy (non-hydrogen) atoms. The van der Waals surface area contributed by atoms with Crippen molar-refractivity contribution in [1.82, 2.24) is 10.6 Å². The summed E-state index contributed by atoms with van der Waals surface area (Å²) in [5, 5.41) is 33.6. The van der Waals surface area contributed by atoms with E-state index in [-0.39, 0.29) is 49.4 Å². The van der Waals surface area contributed by atoms with Crippen molar-refractivity contribution in [2.75, 3.05) is 64.8 Å². The second-order valence-electron chi connectivity index (χ2n) is 16.5. The maximum atomic E-state index is 11.5. The Balaban J connectivity index is 0. The predicted molar refractivity (Wildman–Crippen MR) is 260 cm³/mol. The summed E-state index contributed by atoms with van der Waals surface area (Å²) in [5.74, 6) is 5.54. The number of amides is 2. The zero-order valence-corrected chi connectivity index (χ0v) is 52.5. The maximum Gasteiger partial charge on any atom is 0.272 e. The summed E-state index contributed by atoms with van der Waals surface area (Å²) in [6.45, 7) is 10.5. The summed E-state index contributed by atoms with van der Waals surface area (Å²) in [6, 6.07) is 0. The van der Waals surface area contributed by atoms with Crippen molar-refractivity contribution in [3.8, 4) is 23.7 Å². The van der Waals surface area contributed by atoms with E-state index in [0.29, 0.717) is 27.3 Å². The van der Waals surface area contributed by atoms with E-state index in [4.69, 9.17) is 19.1 Å². The molecule has 37 nitrogen and oxygen atoms in total. The van der Waals surface area contributed by atoms with Crippen molar-refractivity contribution < 1.29 is 165 Å². The average molecular weight is 1350 g/mol. The number of aliphatic hydroxyl groups excluding tert-OH is 3.